The highest BCUT2D eigenvalue weighted by Gasteiger charge is 2.20. The number of aromatic carboxylic acids is 1. The number of carboxylic acid groups (broad SMARTS) is 1. The Bertz CT molecular complexity index is 620. The van der Waals surface area contributed by atoms with Gasteiger partial charge in [0.2, 0.25) is 0 Å². The van der Waals surface area contributed by atoms with Crippen LogP contribution in [-0.4, -0.2) is 17.1 Å². The third-order valence-electron chi connectivity index (χ3n) is 3.51. The van der Waals surface area contributed by atoms with Gasteiger partial charge in [-0.15, -0.1) is 11.3 Å². The van der Waals surface area contributed by atoms with Crippen molar-refractivity contribution in [1.29, 1.82) is 0 Å². The molecule has 0 aliphatic rings. The van der Waals surface area contributed by atoms with Crippen LogP contribution in [0.4, 0.5) is 4.39 Å². The van der Waals surface area contributed by atoms with Crippen molar-refractivity contribution in [2.75, 3.05) is 0 Å². The largest absolute Gasteiger partial charge is 0.477 e. The highest BCUT2D eigenvalue weighted by molar-refractivity contribution is 7.21. The number of hydrogen-bond donors (Lipinski definition) is 2. The third kappa shape index (κ3) is 2.83. The minimum atomic E-state index is -0.994. The summed E-state index contributed by atoms with van der Waals surface area (Å²) < 4.78 is 14.7. The molecule has 0 atom stereocenters. The minimum Gasteiger partial charge on any atom is -0.477 e. The number of benzene rings is 1. The molecule has 5 heteroatoms. The number of rotatable bonds is 6. The van der Waals surface area contributed by atoms with Crippen LogP contribution in [0.1, 0.15) is 41.9 Å². The van der Waals surface area contributed by atoms with Crippen LogP contribution < -0.4 is 5.32 Å². The molecule has 1 aromatic carbocycles. The van der Waals surface area contributed by atoms with Gasteiger partial charge in [-0.1, -0.05) is 19.9 Å². The molecule has 0 bridgehead atoms. The lowest BCUT2D eigenvalue weighted by molar-refractivity contribution is 0.0701. The highest BCUT2D eigenvalue weighted by Crippen LogP contribution is 2.33. The summed E-state index contributed by atoms with van der Waals surface area (Å²) in [5.41, 5.74) is 0.558. The Morgan fingerprint density at radius 2 is 2.10 bits per heavy atom. The van der Waals surface area contributed by atoms with Gasteiger partial charge in [-0.3, -0.25) is 0 Å². The lowest BCUT2D eigenvalue weighted by atomic mass is 10.1. The van der Waals surface area contributed by atoms with Gasteiger partial charge in [0.1, 0.15) is 10.7 Å². The number of fused-ring (bicyclic) bond motifs is 1. The Kier molecular flexibility index (Phi) is 4.73. The van der Waals surface area contributed by atoms with Crippen molar-refractivity contribution in [2.24, 2.45) is 0 Å². The number of halogens is 1. The molecule has 0 saturated heterocycles. The quantitative estimate of drug-likeness (QED) is 0.846. The first-order chi connectivity index (χ1) is 9.58. The maximum absolute atomic E-state index is 14.0. The van der Waals surface area contributed by atoms with Gasteiger partial charge in [-0.25, -0.2) is 9.18 Å². The molecule has 1 aromatic heterocycles. The van der Waals surface area contributed by atoms with Crippen LogP contribution in [0.5, 0.6) is 0 Å². The van der Waals surface area contributed by atoms with Gasteiger partial charge >= 0.3 is 5.97 Å². The van der Waals surface area contributed by atoms with Gasteiger partial charge in [0.15, 0.2) is 0 Å². The van der Waals surface area contributed by atoms with Crippen molar-refractivity contribution in [3.05, 3.63) is 34.5 Å². The lowest BCUT2D eigenvalue weighted by Crippen LogP contribution is -2.27. The molecular formula is C15H18FNO2S. The SMILES string of the molecule is CCC(CC)NCc1c(C(=O)O)sc2cccc(F)c12. The second-order valence-corrected chi connectivity index (χ2v) is 5.77. The van der Waals surface area contributed by atoms with E-state index in [0.717, 1.165) is 24.2 Å². The van der Waals surface area contributed by atoms with Crippen LogP contribution >= 0.6 is 11.3 Å². The normalized spacial score (nSPS) is 11.4. The third-order valence-corrected chi connectivity index (χ3v) is 4.70. The van der Waals surface area contributed by atoms with Crippen LogP contribution in [-0.2, 0) is 6.54 Å². The number of hydrogen-bond acceptors (Lipinski definition) is 3. The van der Waals surface area contributed by atoms with Crippen LogP contribution in [0.15, 0.2) is 18.2 Å². The Balaban J connectivity index is 2.43. The highest BCUT2D eigenvalue weighted by atomic mass is 32.1. The van der Waals surface area contributed by atoms with Crippen LogP contribution in [0.25, 0.3) is 10.1 Å². The predicted molar refractivity (Wildman–Crippen MR) is 80.0 cm³/mol. The van der Waals surface area contributed by atoms with Crippen molar-refractivity contribution in [3.63, 3.8) is 0 Å². The smallest absolute Gasteiger partial charge is 0.346 e. The zero-order valence-electron chi connectivity index (χ0n) is 11.6. The van der Waals surface area contributed by atoms with Gasteiger partial charge in [0, 0.05) is 28.2 Å². The van der Waals surface area contributed by atoms with Crippen molar-refractivity contribution in [2.45, 2.75) is 39.3 Å². The Morgan fingerprint density at radius 3 is 2.70 bits per heavy atom. The van der Waals surface area contributed by atoms with Gasteiger partial charge in [0.25, 0.3) is 0 Å². The van der Waals surface area contributed by atoms with Gasteiger partial charge in [-0.05, 0) is 25.0 Å². The van der Waals surface area contributed by atoms with Crippen molar-refractivity contribution < 1.29 is 14.3 Å². The van der Waals surface area contributed by atoms with E-state index in [0.29, 0.717) is 28.2 Å². The molecule has 1 heterocycles. The molecule has 0 unspecified atom stereocenters. The van der Waals surface area contributed by atoms with Gasteiger partial charge in [0.05, 0.1) is 0 Å². The van der Waals surface area contributed by atoms with E-state index in [1.54, 1.807) is 12.1 Å². The van der Waals surface area contributed by atoms with Gasteiger partial charge in [-0.2, -0.15) is 0 Å². The van der Waals surface area contributed by atoms with E-state index in [-0.39, 0.29) is 10.7 Å². The fraction of sp³-hybridized carbons (Fsp3) is 0.400. The molecule has 0 aliphatic carbocycles. The summed E-state index contributed by atoms with van der Waals surface area (Å²) in [6.07, 6.45) is 1.92. The zero-order valence-corrected chi connectivity index (χ0v) is 12.4. The first-order valence-electron chi connectivity index (χ1n) is 6.75. The van der Waals surface area contributed by atoms with E-state index in [4.69, 9.17) is 0 Å². The molecular weight excluding hydrogens is 277 g/mol. The van der Waals surface area contributed by atoms with Crippen molar-refractivity contribution in [3.8, 4) is 0 Å². The Labute approximate surface area is 121 Å². The van der Waals surface area contributed by atoms with Gasteiger partial charge < -0.3 is 10.4 Å². The summed E-state index contributed by atoms with van der Waals surface area (Å²) in [6.45, 7) is 4.53. The molecule has 0 aliphatic heterocycles. The molecule has 3 nitrogen and oxygen atoms in total. The van der Waals surface area contributed by atoms with Crippen LogP contribution in [0.3, 0.4) is 0 Å². The standard InChI is InChI=1S/C15H18FNO2S/c1-3-9(4-2)17-8-10-13-11(16)6-5-7-12(13)20-14(10)15(18)19/h5-7,9,17H,3-4,8H2,1-2H3,(H,18,19). The Hall–Kier alpha value is -1.46. The number of thiophene rings is 1. The molecule has 0 saturated carbocycles. The zero-order chi connectivity index (χ0) is 14.7. The molecule has 0 amide bonds. The van der Waals surface area contributed by atoms with Crippen molar-refractivity contribution in [1.82, 2.24) is 5.32 Å². The molecule has 2 N–H and O–H groups in total. The maximum atomic E-state index is 14.0. The van der Waals surface area contributed by atoms with E-state index in [9.17, 15) is 14.3 Å². The minimum absolute atomic E-state index is 0.226. The monoisotopic (exact) mass is 295 g/mol. The van der Waals surface area contributed by atoms with E-state index >= 15 is 0 Å². The van der Waals surface area contributed by atoms with Crippen LogP contribution in [0, 0.1) is 5.82 Å². The number of carboxylic acids is 1. The summed E-state index contributed by atoms with van der Waals surface area (Å²) >= 11 is 1.13. The first-order valence-corrected chi connectivity index (χ1v) is 7.56. The van der Waals surface area contributed by atoms with E-state index < -0.39 is 5.97 Å². The van der Waals surface area contributed by atoms with E-state index in [2.05, 4.69) is 19.2 Å². The topological polar surface area (TPSA) is 49.3 Å². The second kappa shape index (κ2) is 6.33. The maximum Gasteiger partial charge on any atom is 0.346 e. The van der Waals surface area contributed by atoms with Crippen LogP contribution in [0.2, 0.25) is 0 Å². The predicted octanol–water partition coefficient (Wildman–Crippen LogP) is 4.02. The average Bonchev–Trinajstić information content (AvgIpc) is 2.80. The molecule has 0 spiro atoms. The fourth-order valence-corrected chi connectivity index (χ4v) is 3.41. The fourth-order valence-electron chi connectivity index (χ4n) is 2.33. The second-order valence-electron chi connectivity index (χ2n) is 4.72. The Morgan fingerprint density at radius 1 is 1.40 bits per heavy atom. The molecule has 0 fully saturated rings. The average molecular weight is 295 g/mol. The van der Waals surface area contributed by atoms with Crippen molar-refractivity contribution >= 4 is 27.4 Å². The summed E-state index contributed by atoms with van der Waals surface area (Å²) in [5, 5.41) is 13.0. The molecule has 0 radical (unpaired) electrons. The summed E-state index contributed by atoms with van der Waals surface area (Å²) in [4.78, 5) is 11.6. The van der Waals surface area contributed by atoms with E-state index in [1.165, 1.54) is 6.07 Å². The molecule has 2 aromatic rings. The summed E-state index contributed by atoms with van der Waals surface area (Å²) in [7, 11) is 0. The summed E-state index contributed by atoms with van der Waals surface area (Å²) in [5.74, 6) is -1.35. The first kappa shape index (κ1) is 14.9. The molecule has 2 rings (SSSR count). The summed E-state index contributed by atoms with van der Waals surface area (Å²) in [6, 6.07) is 5.06. The lowest BCUT2D eigenvalue weighted by Gasteiger charge is -2.14. The number of carbonyl (C=O) groups is 1. The molecule has 20 heavy (non-hydrogen) atoms. The van der Waals surface area contributed by atoms with E-state index in [1.807, 2.05) is 0 Å². The number of nitrogens with one attached hydrogen (secondary N) is 1. The molecule has 108 valence electrons.